The van der Waals surface area contributed by atoms with Crippen molar-refractivity contribution in [2.45, 2.75) is 23.8 Å². The van der Waals surface area contributed by atoms with Crippen LogP contribution in [0.5, 0.6) is 0 Å². The number of fused-ring (bicyclic) bond motifs is 1. The summed E-state index contributed by atoms with van der Waals surface area (Å²) in [4.78, 5) is 14.0. The summed E-state index contributed by atoms with van der Waals surface area (Å²) in [6.45, 7) is 1.32. The van der Waals surface area contributed by atoms with Crippen LogP contribution in [0.3, 0.4) is 0 Å². The molecule has 0 bridgehead atoms. The van der Waals surface area contributed by atoms with Gasteiger partial charge in [-0.1, -0.05) is 18.2 Å². The van der Waals surface area contributed by atoms with Gasteiger partial charge in [0.15, 0.2) is 0 Å². The van der Waals surface area contributed by atoms with Crippen LogP contribution in [0.15, 0.2) is 72.0 Å². The third-order valence-electron chi connectivity index (χ3n) is 6.41. The molecule has 0 spiro atoms. The standard InChI is InChI=1S/C25H25FN4O4S/c1-34-17-25(31)28-11-9-20(10-12-28)29-15-18(14-27-29)23-16-30(24-13-19(26)7-8-22(23)24)35(32,33)21-5-3-2-4-6-21/h2-8,13-16,20H,9-12,17H2,1H3. The Bertz CT molecular complexity index is 1470. The van der Waals surface area contributed by atoms with Crippen LogP contribution in [0.25, 0.3) is 22.0 Å². The molecule has 2 aromatic heterocycles. The molecule has 0 N–H and O–H groups in total. The Balaban J connectivity index is 1.48. The number of benzene rings is 2. The van der Waals surface area contributed by atoms with E-state index >= 15 is 0 Å². The van der Waals surface area contributed by atoms with Crippen LogP contribution in [-0.2, 0) is 19.6 Å². The number of hydrogen-bond donors (Lipinski definition) is 0. The first-order chi connectivity index (χ1) is 16.9. The van der Waals surface area contributed by atoms with Gasteiger partial charge in [0.2, 0.25) is 5.91 Å². The number of amides is 1. The molecule has 0 saturated carbocycles. The second kappa shape index (κ2) is 9.27. The van der Waals surface area contributed by atoms with Crippen molar-refractivity contribution in [1.82, 2.24) is 18.7 Å². The molecular weight excluding hydrogens is 471 g/mol. The molecule has 0 aliphatic carbocycles. The lowest BCUT2D eigenvalue weighted by atomic mass is 10.0. The lowest BCUT2D eigenvalue weighted by Gasteiger charge is -2.32. The Morgan fingerprint density at radius 3 is 2.57 bits per heavy atom. The normalized spacial score (nSPS) is 15.1. The van der Waals surface area contributed by atoms with Gasteiger partial charge in [-0.2, -0.15) is 5.10 Å². The summed E-state index contributed by atoms with van der Waals surface area (Å²) >= 11 is 0. The van der Waals surface area contributed by atoms with Gasteiger partial charge in [-0.3, -0.25) is 9.48 Å². The summed E-state index contributed by atoms with van der Waals surface area (Å²) in [5.41, 5.74) is 1.65. The van der Waals surface area contributed by atoms with Crippen molar-refractivity contribution >= 4 is 26.8 Å². The molecule has 1 aliphatic heterocycles. The quantitative estimate of drug-likeness (QED) is 0.406. The lowest BCUT2D eigenvalue weighted by Crippen LogP contribution is -2.40. The molecule has 35 heavy (non-hydrogen) atoms. The van der Waals surface area contributed by atoms with E-state index < -0.39 is 15.8 Å². The van der Waals surface area contributed by atoms with Crippen molar-refractivity contribution in [3.63, 3.8) is 0 Å². The molecule has 1 aliphatic rings. The Kier molecular flexibility index (Phi) is 6.16. The third kappa shape index (κ3) is 4.35. The molecular formula is C25H25FN4O4S. The molecule has 2 aromatic carbocycles. The Morgan fingerprint density at radius 2 is 1.86 bits per heavy atom. The molecule has 4 aromatic rings. The predicted molar refractivity (Wildman–Crippen MR) is 129 cm³/mol. The van der Waals surface area contributed by atoms with Gasteiger partial charge in [0.25, 0.3) is 10.0 Å². The first-order valence-corrected chi connectivity index (χ1v) is 12.7. The summed E-state index contributed by atoms with van der Waals surface area (Å²) in [6.07, 6.45) is 6.62. The predicted octanol–water partition coefficient (Wildman–Crippen LogP) is 3.69. The SMILES string of the molecule is COCC(=O)N1CCC(n2cc(-c3cn(S(=O)(=O)c4ccccc4)c4cc(F)ccc34)cn2)CC1. The second-order valence-corrected chi connectivity index (χ2v) is 10.4. The van der Waals surface area contributed by atoms with Gasteiger partial charge in [0, 0.05) is 49.1 Å². The molecule has 8 nitrogen and oxygen atoms in total. The molecule has 1 saturated heterocycles. The maximum Gasteiger partial charge on any atom is 0.268 e. The maximum atomic E-state index is 14.1. The van der Waals surface area contributed by atoms with Gasteiger partial charge >= 0.3 is 0 Å². The van der Waals surface area contributed by atoms with Crippen molar-refractivity contribution in [1.29, 1.82) is 0 Å². The molecule has 10 heteroatoms. The van der Waals surface area contributed by atoms with Gasteiger partial charge in [-0.15, -0.1) is 0 Å². The monoisotopic (exact) mass is 496 g/mol. The molecule has 0 unspecified atom stereocenters. The summed E-state index contributed by atoms with van der Waals surface area (Å²) in [5, 5.41) is 5.15. The Hall–Kier alpha value is -3.50. The maximum absolute atomic E-state index is 14.1. The van der Waals surface area contributed by atoms with Crippen molar-refractivity contribution < 1.29 is 22.3 Å². The molecule has 3 heterocycles. The van der Waals surface area contributed by atoms with E-state index in [1.54, 1.807) is 35.4 Å². The fourth-order valence-corrected chi connectivity index (χ4v) is 5.96. The van der Waals surface area contributed by atoms with Gasteiger partial charge < -0.3 is 9.64 Å². The topological polar surface area (TPSA) is 86.4 Å². The van der Waals surface area contributed by atoms with Crippen LogP contribution in [-0.4, -0.2) is 59.8 Å². The number of piperidine rings is 1. The first kappa shape index (κ1) is 23.3. The summed E-state index contributed by atoms with van der Waals surface area (Å²) in [5.74, 6) is -0.538. The highest BCUT2D eigenvalue weighted by Gasteiger charge is 2.26. The van der Waals surface area contributed by atoms with E-state index in [0.29, 0.717) is 24.0 Å². The number of carbonyl (C=O) groups excluding carboxylic acids is 1. The zero-order chi connectivity index (χ0) is 24.6. The summed E-state index contributed by atoms with van der Waals surface area (Å²) < 4.78 is 48.8. The molecule has 182 valence electrons. The minimum absolute atomic E-state index is 0.0215. The fourth-order valence-electron chi connectivity index (χ4n) is 4.58. The number of aromatic nitrogens is 3. The molecule has 0 radical (unpaired) electrons. The molecule has 5 rings (SSSR count). The van der Waals surface area contributed by atoms with Gasteiger partial charge in [0.05, 0.1) is 22.7 Å². The highest BCUT2D eigenvalue weighted by Crippen LogP contribution is 2.34. The number of hydrogen-bond acceptors (Lipinski definition) is 5. The van der Waals surface area contributed by atoms with Crippen LogP contribution in [0, 0.1) is 5.82 Å². The largest absolute Gasteiger partial charge is 0.375 e. The number of halogens is 1. The first-order valence-electron chi connectivity index (χ1n) is 11.3. The number of rotatable bonds is 6. The highest BCUT2D eigenvalue weighted by atomic mass is 32.2. The molecule has 1 fully saturated rings. The minimum atomic E-state index is -3.93. The van der Waals surface area contributed by atoms with E-state index in [9.17, 15) is 17.6 Å². The van der Waals surface area contributed by atoms with E-state index in [4.69, 9.17) is 4.74 Å². The van der Waals surface area contributed by atoms with Gasteiger partial charge in [-0.25, -0.2) is 16.8 Å². The average Bonchev–Trinajstić information content (AvgIpc) is 3.50. The smallest absolute Gasteiger partial charge is 0.268 e. The highest BCUT2D eigenvalue weighted by molar-refractivity contribution is 7.90. The zero-order valence-corrected chi connectivity index (χ0v) is 20.0. The number of nitrogens with zero attached hydrogens (tertiary/aromatic N) is 4. The molecule has 1 amide bonds. The van der Waals surface area contributed by atoms with E-state index in [1.165, 1.54) is 37.6 Å². The minimum Gasteiger partial charge on any atom is -0.375 e. The van der Waals surface area contributed by atoms with Crippen LogP contribution in [0.1, 0.15) is 18.9 Å². The lowest BCUT2D eigenvalue weighted by molar-refractivity contribution is -0.136. The zero-order valence-electron chi connectivity index (χ0n) is 19.2. The van der Waals surface area contributed by atoms with Crippen LogP contribution < -0.4 is 0 Å². The Labute approximate surface area is 202 Å². The number of methoxy groups -OCH3 is 1. The van der Waals surface area contributed by atoms with E-state index in [2.05, 4.69) is 5.10 Å². The number of carbonyl (C=O) groups is 1. The van der Waals surface area contributed by atoms with E-state index in [-0.39, 0.29) is 29.0 Å². The average molecular weight is 497 g/mol. The van der Waals surface area contributed by atoms with E-state index in [0.717, 1.165) is 22.4 Å². The number of ether oxygens (including phenoxy) is 1. The van der Waals surface area contributed by atoms with Gasteiger partial charge in [0.1, 0.15) is 12.4 Å². The van der Waals surface area contributed by atoms with E-state index in [1.807, 2.05) is 10.9 Å². The van der Waals surface area contributed by atoms with Crippen molar-refractivity contribution in [3.05, 3.63) is 72.9 Å². The van der Waals surface area contributed by atoms with Crippen LogP contribution in [0.2, 0.25) is 0 Å². The summed E-state index contributed by atoms with van der Waals surface area (Å²) in [7, 11) is -2.42. The van der Waals surface area contributed by atoms with Crippen molar-refractivity contribution in [2.24, 2.45) is 0 Å². The second-order valence-electron chi connectivity index (χ2n) is 8.57. The van der Waals surface area contributed by atoms with Crippen molar-refractivity contribution in [2.75, 3.05) is 26.8 Å². The van der Waals surface area contributed by atoms with Gasteiger partial charge in [-0.05, 0) is 43.2 Å². The number of likely N-dealkylation sites (tertiary alicyclic amines) is 1. The van der Waals surface area contributed by atoms with Crippen LogP contribution >= 0.6 is 0 Å². The Morgan fingerprint density at radius 1 is 1.11 bits per heavy atom. The molecule has 0 atom stereocenters. The summed E-state index contributed by atoms with van der Waals surface area (Å²) in [6, 6.07) is 12.3. The fraction of sp³-hybridized carbons (Fsp3) is 0.280. The van der Waals surface area contributed by atoms with Crippen LogP contribution in [0.4, 0.5) is 4.39 Å². The third-order valence-corrected chi connectivity index (χ3v) is 8.09. The van der Waals surface area contributed by atoms with Crippen molar-refractivity contribution in [3.8, 4) is 11.1 Å².